The Bertz CT molecular complexity index is 685. The van der Waals surface area contributed by atoms with Crippen molar-refractivity contribution in [3.05, 3.63) is 30.6 Å². The maximum Gasteiger partial charge on any atom is 0.300 e. The number of nitrogen functional groups attached to an aromatic ring is 1. The van der Waals surface area contributed by atoms with Crippen molar-refractivity contribution in [2.75, 3.05) is 5.73 Å². The lowest BCUT2D eigenvalue weighted by molar-refractivity contribution is 0.448. The van der Waals surface area contributed by atoms with Crippen molar-refractivity contribution in [1.82, 2.24) is 19.7 Å². The highest BCUT2D eigenvalue weighted by Crippen LogP contribution is 2.22. The summed E-state index contributed by atoms with van der Waals surface area (Å²) >= 11 is 0. The molecule has 0 unspecified atom stereocenters. The Morgan fingerprint density at radius 2 is 2.33 bits per heavy atom. The first-order valence-electron chi connectivity index (χ1n) is 5.70. The molecule has 0 aliphatic heterocycles. The third-order valence-corrected chi connectivity index (χ3v) is 2.63. The number of aryl methyl sites for hydroxylation is 1. The standard InChI is InChI=1S/C12H13N5O/c1-2-17-7-9(6-14-17)18-12-15-10-4-3-8(13)5-11(10)16-12/h3-7H,2,13H2,1H3,(H,15,16). The number of nitrogens with zero attached hydrogens (tertiary/aromatic N) is 3. The Morgan fingerprint density at radius 3 is 3.11 bits per heavy atom. The summed E-state index contributed by atoms with van der Waals surface area (Å²) in [5, 5.41) is 4.13. The molecule has 18 heavy (non-hydrogen) atoms. The molecule has 0 aliphatic carbocycles. The van der Waals surface area contributed by atoms with Gasteiger partial charge in [-0.2, -0.15) is 10.1 Å². The minimum absolute atomic E-state index is 0.436. The highest BCUT2D eigenvalue weighted by Gasteiger charge is 2.06. The Hall–Kier alpha value is -2.50. The number of nitrogens with one attached hydrogen (secondary N) is 1. The van der Waals surface area contributed by atoms with Crippen LogP contribution < -0.4 is 10.5 Å². The number of hydrogen-bond donors (Lipinski definition) is 2. The fraction of sp³-hybridized carbons (Fsp3) is 0.167. The van der Waals surface area contributed by atoms with Gasteiger partial charge in [-0.25, -0.2) is 0 Å². The average Bonchev–Trinajstić information content (AvgIpc) is 2.95. The summed E-state index contributed by atoms with van der Waals surface area (Å²) in [6.07, 6.45) is 3.48. The zero-order chi connectivity index (χ0) is 12.5. The molecule has 0 bridgehead atoms. The molecule has 2 aromatic heterocycles. The van der Waals surface area contributed by atoms with Gasteiger partial charge in [-0.3, -0.25) is 4.68 Å². The molecule has 0 fully saturated rings. The summed E-state index contributed by atoms with van der Waals surface area (Å²) in [7, 11) is 0. The van der Waals surface area contributed by atoms with Crippen molar-refractivity contribution in [2.45, 2.75) is 13.5 Å². The average molecular weight is 243 g/mol. The minimum Gasteiger partial charge on any atom is -0.422 e. The van der Waals surface area contributed by atoms with E-state index in [2.05, 4.69) is 15.1 Å². The van der Waals surface area contributed by atoms with Crippen LogP contribution in [-0.4, -0.2) is 19.7 Å². The van der Waals surface area contributed by atoms with Crippen molar-refractivity contribution in [3.8, 4) is 11.8 Å². The molecule has 92 valence electrons. The molecule has 3 rings (SSSR count). The van der Waals surface area contributed by atoms with E-state index in [9.17, 15) is 0 Å². The molecule has 2 heterocycles. The molecule has 0 saturated heterocycles. The fourth-order valence-corrected chi connectivity index (χ4v) is 1.73. The largest absolute Gasteiger partial charge is 0.422 e. The Balaban J connectivity index is 1.90. The lowest BCUT2D eigenvalue weighted by Gasteiger charge is -1.95. The lowest BCUT2D eigenvalue weighted by atomic mass is 10.3. The Kier molecular flexibility index (Phi) is 2.40. The number of rotatable bonds is 3. The first kappa shape index (κ1) is 10.6. The van der Waals surface area contributed by atoms with Crippen LogP contribution in [0, 0.1) is 0 Å². The van der Waals surface area contributed by atoms with Gasteiger partial charge in [0.25, 0.3) is 6.01 Å². The van der Waals surface area contributed by atoms with Gasteiger partial charge in [0, 0.05) is 12.2 Å². The van der Waals surface area contributed by atoms with E-state index < -0.39 is 0 Å². The molecule has 0 amide bonds. The number of anilines is 1. The molecular weight excluding hydrogens is 230 g/mol. The number of benzene rings is 1. The van der Waals surface area contributed by atoms with Crippen LogP contribution in [0.15, 0.2) is 30.6 Å². The normalized spacial score (nSPS) is 10.9. The van der Waals surface area contributed by atoms with Crippen LogP contribution in [0.1, 0.15) is 6.92 Å². The van der Waals surface area contributed by atoms with Crippen molar-refractivity contribution in [2.24, 2.45) is 0 Å². The topological polar surface area (TPSA) is 81.8 Å². The van der Waals surface area contributed by atoms with E-state index >= 15 is 0 Å². The third-order valence-electron chi connectivity index (χ3n) is 2.63. The number of H-pyrrole nitrogens is 1. The van der Waals surface area contributed by atoms with Crippen LogP contribution in [0.4, 0.5) is 5.69 Å². The van der Waals surface area contributed by atoms with Crippen LogP contribution >= 0.6 is 0 Å². The van der Waals surface area contributed by atoms with Crippen molar-refractivity contribution < 1.29 is 4.74 Å². The number of hydrogen-bond acceptors (Lipinski definition) is 4. The van der Waals surface area contributed by atoms with Crippen molar-refractivity contribution >= 4 is 16.7 Å². The molecule has 0 aliphatic rings. The summed E-state index contributed by atoms with van der Waals surface area (Å²) in [6.45, 7) is 2.82. The highest BCUT2D eigenvalue weighted by atomic mass is 16.5. The van der Waals surface area contributed by atoms with Crippen LogP contribution in [0.3, 0.4) is 0 Å². The maximum atomic E-state index is 5.71. The zero-order valence-electron chi connectivity index (χ0n) is 9.92. The molecule has 0 saturated carbocycles. The molecule has 0 radical (unpaired) electrons. The molecule has 3 aromatic rings. The number of aromatic amines is 1. The SMILES string of the molecule is CCn1cc(Oc2nc3ccc(N)cc3[nH]2)cn1. The van der Waals surface area contributed by atoms with Gasteiger partial charge in [-0.1, -0.05) is 0 Å². The van der Waals surface area contributed by atoms with E-state index in [1.807, 2.05) is 31.3 Å². The summed E-state index contributed by atoms with van der Waals surface area (Å²) in [5.41, 5.74) is 8.07. The summed E-state index contributed by atoms with van der Waals surface area (Å²) in [4.78, 5) is 7.38. The molecular formula is C12H13N5O. The van der Waals surface area contributed by atoms with E-state index in [1.165, 1.54) is 0 Å². The quantitative estimate of drug-likeness (QED) is 0.690. The molecule has 3 N–H and O–H groups in total. The van der Waals surface area contributed by atoms with E-state index in [0.717, 1.165) is 17.6 Å². The van der Waals surface area contributed by atoms with Crippen LogP contribution in [-0.2, 0) is 6.54 Å². The molecule has 0 spiro atoms. The van der Waals surface area contributed by atoms with Gasteiger partial charge >= 0.3 is 0 Å². The van der Waals surface area contributed by atoms with E-state index in [1.54, 1.807) is 10.9 Å². The predicted octanol–water partition coefficient (Wildman–Crippen LogP) is 2.15. The van der Waals surface area contributed by atoms with Gasteiger partial charge in [0.2, 0.25) is 0 Å². The molecule has 0 atom stereocenters. The summed E-state index contributed by atoms with van der Waals surface area (Å²) in [5.74, 6) is 0.656. The highest BCUT2D eigenvalue weighted by molar-refractivity contribution is 5.79. The summed E-state index contributed by atoms with van der Waals surface area (Å²) < 4.78 is 7.38. The number of ether oxygens (including phenoxy) is 1. The van der Waals surface area contributed by atoms with Crippen LogP contribution in [0.25, 0.3) is 11.0 Å². The minimum atomic E-state index is 0.436. The van der Waals surface area contributed by atoms with Crippen molar-refractivity contribution in [3.63, 3.8) is 0 Å². The molecule has 1 aromatic carbocycles. The maximum absolute atomic E-state index is 5.71. The first-order valence-corrected chi connectivity index (χ1v) is 5.70. The summed E-state index contributed by atoms with van der Waals surface area (Å²) in [6, 6.07) is 5.92. The smallest absolute Gasteiger partial charge is 0.300 e. The second-order valence-corrected chi connectivity index (χ2v) is 3.95. The number of imidazole rings is 1. The molecule has 6 heteroatoms. The van der Waals surface area contributed by atoms with Gasteiger partial charge in [0.05, 0.1) is 23.4 Å². The number of aromatic nitrogens is 4. The van der Waals surface area contributed by atoms with Crippen molar-refractivity contribution in [1.29, 1.82) is 0 Å². The monoisotopic (exact) mass is 243 g/mol. The first-order chi connectivity index (χ1) is 8.74. The Morgan fingerprint density at radius 1 is 1.44 bits per heavy atom. The Labute approximate surface area is 103 Å². The lowest BCUT2D eigenvalue weighted by Crippen LogP contribution is -1.92. The van der Waals surface area contributed by atoms with Gasteiger partial charge in [0.15, 0.2) is 5.75 Å². The van der Waals surface area contributed by atoms with Crippen LogP contribution in [0.5, 0.6) is 11.8 Å². The van der Waals surface area contributed by atoms with Crippen LogP contribution in [0.2, 0.25) is 0 Å². The van der Waals surface area contributed by atoms with Gasteiger partial charge in [-0.05, 0) is 25.1 Å². The fourth-order valence-electron chi connectivity index (χ4n) is 1.73. The van der Waals surface area contributed by atoms with Gasteiger partial charge in [-0.15, -0.1) is 0 Å². The zero-order valence-corrected chi connectivity index (χ0v) is 9.92. The molecule has 6 nitrogen and oxygen atoms in total. The second-order valence-electron chi connectivity index (χ2n) is 3.95. The number of fused-ring (bicyclic) bond motifs is 1. The van der Waals surface area contributed by atoms with E-state index in [4.69, 9.17) is 10.5 Å². The second kappa shape index (κ2) is 4.06. The number of nitrogens with two attached hydrogens (primary N) is 1. The van der Waals surface area contributed by atoms with Gasteiger partial charge in [0.1, 0.15) is 0 Å². The van der Waals surface area contributed by atoms with E-state index in [-0.39, 0.29) is 0 Å². The third kappa shape index (κ3) is 1.88. The van der Waals surface area contributed by atoms with Gasteiger partial charge < -0.3 is 15.5 Å². The predicted molar refractivity (Wildman–Crippen MR) is 68.5 cm³/mol. The van der Waals surface area contributed by atoms with E-state index in [0.29, 0.717) is 17.4 Å².